The van der Waals surface area contributed by atoms with Crippen LogP contribution in [0, 0.1) is 5.92 Å². The third kappa shape index (κ3) is 3.16. The summed E-state index contributed by atoms with van der Waals surface area (Å²) in [5.74, 6) is 1.05. The minimum absolute atomic E-state index is 0.206. The molecule has 2 aromatic rings. The van der Waals surface area contributed by atoms with Gasteiger partial charge in [0, 0.05) is 6.04 Å². The van der Waals surface area contributed by atoms with Gasteiger partial charge in [-0.05, 0) is 85.3 Å². The highest BCUT2D eigenvalue weighted by atomic mass is 16.3. The van der Waals surface area contributed by atoms with Crippen molar-refractivity contribution in [1.29, 1.82) is 0 Å². The number of piperidine rings is 1. The summed E-state index contributed by atoms with van der Waals surface area (Å²) in [5.41, 5.74) is 4.50. The SMILES string of the molecule is C[C@@H]1[C@@H]2Cc3ccc(O)cc3[C@]1(C)CCN2CCCCc1ccccc1. The van der Waals surface area contributed by atoms with E-state index in [4.69, 9.17) is 0 Å². The molecule has 0 radical (unpaired) electrons. The Hall–Kier alpha value is -1.80. The van der Waals surface area contributed by atoms with Gasteiger partial charge in [0.15, 0.2) is 0 Å². The molecule has 2 heteroatoms. The van der Waals surface area contributed by atoms with E-state index in [9.17, 15) is 5.11 Å². The van der Waals surface area contributed by atoms with Crippen molar-refractivity contribution in [3.8, 4) is 5.75 Å². The molecule has 1 fully saturated rings. The van der Waals surface area contributed by atoms with Crippen LogP contribution in [0.1, 0.15) is 49.8 Å². The predicted octanol–water partition coefficient (Wildman–Crippen LogP) is 4.94. The molecule has 138 valence electrons. The van der Waals surface area contributed by atoms with Crippen molar-refractivity contribution >= 4 is 0 Å². The Morgan fingerprint density at radius 2 is 1.92 bits per heavy atom. The molecular formula is C24H31NO. The van der Waals surface area contributed by atoms with Crippen molar-refractivity contribution in [1.82, 2.24) is 4.90 Å². The fourth-order valence-electron chi connectivity index (χ4n) is 5.26. The van der Waals surface area contributed by atoms with E-state index in [2.05, 4.69) is 55.1 Å². The molecule has 1 N–H and O–H groups in total. The molecule has 2 aromatic carbocycles. The maximum atomic E-state index is 9.96. The quantitative estimate of drug-likeness (QED) is 0.773. The van der Waals surface area contributed by atoms with Crippen LogP contribution in [0.3, 0.4) is 0 Å². The van der Waals surface area contributed by atoms with E-state index in [-0.39, 0.29) is 5.41 Å². The summed E-state index contributed by atoms with van der Waals surface area (Å²) < 4.78 is 0. The third-order valence-corrected chi connectivity index (χ3v) is 7.11. The molecule has 1 aliphatic carbocycles. The smallest absolute Gasteiger partial charge is 0.115 e. The van der Waals surface area contributed by atoms with E-state index in [0.29, 0.717) is 17.7 Å². The van der Waals surface area contributed by atoms with E-state index in [0.717, 1.165) is 6.42 Å². The molecule has 0 aromatic heterocycles. The normalized spacial score (nSPS) is 27.9. The Kier molecular flexibility index (Phi) is 4.79. The van der Waals surface area contributed by atoms with Gasteiger partial charge in [0.2, 0.25) is 0 Å². The Morgan fingerprint density at radius 1 is 1.12 bits per heavy atom. The fraction of sp³-hybridized carbons (Fsp3) is 0.500. The topological polar surface area (TPSA) is 23.5 Å². The first-order valence-corrected chi connectivity index (χ1v) is 10.2. The Labute approximate surface area is 157 Å². The second-order valence-corrected chi connectivity index (χ2v) is 8.55. The fourth-order valence-corrected chi connectivity index (χ4v) is 5.26. The standard InChI is InChI=1S/C24H31NO/c1-18-23-16-20-11-12-21(26)17-22(20)24(18,2)13-15-25(23)14-7-6-10-19-8-4-3-5-9-19/h3-5,8-9,11-12,17-18,23,26H,6-7,10,13-16H2,1-2H3/t18-,23+,24-/m1/s1. The van der Waals surface area contributed by atoms with Gasteiger partial charge in [-0.3, -0.25) is 4.90 Å². The number of likely N-dealkylation sites (tertiary alicyclic amines) is 1. The van der Waals surface area contributed by atoms with Crippen LogP contribution in [-0.4, -0.2) is 29.1 Å². The molecule has 0 unspecified atom stereocenters. The highest BCUT2D eigenvalue weighted by molar-refractivity contribution is 5.44. The lowest BCUT2D eigenvalue weighted by Gasteiger charge is -2.54. The summed E-state index contributed by atoms with van der Waals surface area (Å²) >= 11 is 0. The lowest BCUT2D eigenvalue weighted by Crippen LogP contribution is -2.58. The van der Waals surface area contributed by atoms with Crippen LogP contribution in [0.4, 0.5) is 0 Å². The Balaban J connectivity index is 1.41. The molecule has 1 aliphatic heterocycles. The largest absolute Gasteiger partial charge is 0.508 e. The van der Waals surface area contributed by atoms with E-state index < -0.39 is 0 Å². The minimum atomic E-state index is 0.206. The molecule has 0 saturated carbocycles. The first-order valence-electron chi connectivity index (χ1n) is 10.2. The number of unbranched alkanes of at least 4 members (excludes halogenated alkanes) is 1. The summed E-state index contributed by atoms with van der Waals surface area (Å²) in [6.07, 6.45) is 6.06. The van der Waals surface area contributed by atoms with Crippen LogP contribution >= 0.6 is 0 Å². The zero-order chi connectivity index (χ0) is 18.1. The van der Waals surface area contributed by atoms with Crippen molar-refractivity contribution in [2.24, 2.45) is 5.92 Å². The molecule has 2 nitrogen and oxygen atoms in total. The zero-order valence-corrected chi connectivity index (χ0v) is 16.1. The van der Waals surface area contributed by atoms with Gasteiger partial charge in [-0.15, -0.1) is 0 Å². The average molecular weight is 350 g/mol. The molecule has 3 atom stereocenters. The number of fused-ring (bicyclic) bond motifs is 4. The second kappa shape index (κ2) is 7.08. The van der Waals surface area contributed by atoms with Gasteiger partial charge in [-0.1, -0.05) is 50.2 Å². The highest BCUT2D eigenvalue weighted by Crippen LogP contribution is 2.49. The summed E-state index contributed by atoms with van der Waals surface area (Å²) in [4.78, 5) is 2.74. The van der Waals surface area contributed by atoms with Gasteiger partial charge < -0.3 is 5.11 Å². The number of nitrogens with zero attached hydrogens (tertiary/aromatic N) is 1. The van der Waals surface area contributed by atoms with Gasteiger partial charge >= 0.3 is 0 Å². The first-order chi connectivity index (χ1) is 12.6. The van der Waals surface area contributed by atoms with E-state index >= 15 is 0 Å². The molecule has 0 spiro atoms. The predicted molar refractivity (Wildman–Crippen MR) is 108 cm³/mol. The number of phenolic OH excluding ortho intramolecular Hbond substituents is 1. The average Bonchev–Trinajstić information content (AvgIpc) is 2.65. The van der Waals surface area contributed by atoms with Crippen molar-refractivity contribution < 1.29 is 5.11 Å². The molecule has 2 bridgehead atoms. The maximum absolute atomic E-state index is 9.96. The van der Waals surface area contributed by atoms with Gasteiger partial charge in [0.05, 0.1) is 0 Å². The van der Waals surface area contributed by atoms with E-state index in [1.165, 1.54) is 55.5 Å². The zero-order valence-electron chi connectivity index (χ0n) is 16.1. The van der Waals surface area contributed by atoms with Crippen molar-refractivity contribution in [2.45, 2.75) is 57.4 Å². The lowest BCUT2D eigenvalue weighted by molar-refractivity contribution is 0.0304. The maximum Gasteiger partial charge on any atom is 0.115 e. The van der Waals surface area contributed by atoms with Crippen molar-refractivity contribution in [2.75, 3.05) is 13.1 Å². The van der Waals surface area contributed by atoms with Gasteiger partial charge in [0.1, 0.15) is 5.75 Å². The Bertz CT molecular complexity index is 756. The molecule has 1 saturated heterocycles. The van der Waals surface area contributed by atoms with Gasteiger partial charge in [0.25, 0.3) is 0 Å². The monoisotopic (exact) mass is 349 g/mol. The number of hydrogen-bond acceptors (Lipinski definition) is 2. The van der Waals surface area contributed by atoms with Crippen molar-refractivity contribution in [3.05, 3.63) is 65.2 Å². The number of benzene rings is 2. The molecule has 4 rings (SSSR count). The van der Waals surface area contributed by atoms with Crippen LogP contribution in [0.15, 0.2) is 48.5 Å². The third-order valence-electron chi connectivity index (χ3n) is 7.11. The second-order valence-electron chi connectivity index (χ2n) is 8.55. The van der Waals surface area contributed by atoms with Crippen LogP contribution in [0.25, 0.3) is 0 Å². The van der Waals surface area contributed by atoms with Crippen LogP contribution in [0.5, 0.6) is 5.75 Å². The number of hydrogen-bond donors (Lipinski definition) is 1. The van der Waals surface area contributed by atoms with E-state index in [1.54, 1.807) is 0 Å². The minimum Gasteiger partial charge on any atom is -0.508 e. The highest BCUT2D eigenvalue weighted by Gasteiger charge is 2.48. The summed E-state index contributed by atoms with van der Waals surface area (Å²) in [7, 11) is 0. The first kappa shape index (κ1) is 17.6. The number of aromatic hydroxyl groups is 1. The molecule has 0 amide bonds. The van der Waals surface area contributed by atoms with Gasteiger partial charge in [-0.25, -0.2) is 0 Å². The summed E-state index contributed by atoms with van der Waals surface area (Å²) in [6, 6.07) is 17.5. The Morgan fingerprint density at radius 3 is 2.73 bits per heavy atom. The van der Waals surface area contributed by atoms with Crippen LogP contribution in [-0.2, 0) is 18.3 Å². The molecule has 2 aliphatic rings. The van der Waals surface area contributed by atoms with Gasteiger partial charge in [-0.2, -0.15) is 0 Å². The number of rotatable bonds is 5. The number of phenols is 1. The van der Waals surface area contributed by atoms with Crippen molar-refractivity contribution in [3.63, 3.8) is 0 Å². The lowest BCUT2D eigenvalue weighted by atomic mass is 9.59. The summed E-state index contributed by atoms with van der Waals surface area (Å²) in [5, 5.41) is 9.96. The number of aryl methyl sites for hydroxylation is 1. The van der Waals surface area contributed by atoms with Crippen LogP contribution < -0.4 is 0 Å². The van der Waals surface area contributed by atoms with E-state index in [1.807, 2.05) is 12.1 Å². The summed E-state index contributed by atoms with van der Waals surface area (Å²) in [6.45, 7) is 7.24. The van der Waals surface area contributed by atoms with Crippen LogP contribution in [0.2, 0.25) is 0 Å². The molecule has 1 heterocycles. The molecule has 26 heavy (non-hydrogen) atoms. The molecular weight excluding hydrogens is 318 g/mol.